The Kier molecular flexibility index (Phi) is 5.75. The van der Waals surface area contributed by atoms with Crippen LogP contribution in [-0.4, -0.2) is 26.5 Å². The number of carbonyl (C=O) groups excluding carboxylic acids is 2. The zero-order valence-electron chi connectivity index (χ0n) is 16.2. The molecule has 2 aromatic heterocycles. The largest absolute Gasteiger partial charge is 0.323 e. The molecule has 2 aromatic carbocycles. The van der Waals surface area contributed by atoms with Crippen molar-refractivity contribution in [3.63, 3.8) is 0 Å². The van der Waals surface area contributed by atoms with Gasteiger partial charge >= 0.3 is 6.03 Å². The van der Waals surface area contributed by atoms with Gasteiger partial charge in [-0.25, -0.2) is 14.8 Å². The summed E-state index contributed by atoms with van der Waals surface area (Å²) in [7, 11) is 0. The first kappa shape index (κ1) is 20.6. The molecule has 10 heteroatoms. The topological polar surface area (TPSA) is 101 Å². The first-order valence-corrected chi connectivity index (χ1v) is 9.90. The maximum absolute atomic E-state index is 12.3. The van der Waals surface area contributed by atoms with Gasteiger partial charge in [-0.3, -0.25) is 4.79 Å². The van der Waals surface area contributed by atoms with Crippen molar-refractivity contribution in [2.24, 2.45) is 0 Å². The standard InChI is InChI=1S/C21H16Cl2N6O2/c1-12(30)26-19-15-9-10-29(20(15)25-11-24-19)14-7-5-13(6-8-14)27-21(31)28-17-4-2-3-16(22)18(17)23/h2-11H,1H3,(H2,27,28,31)(H,24,25,26,30). The molecule has 0 saturated carbocycles. The van der Waals surface area contributed by atoms with Crippen LogP contribution in [0, 0.1) is 0 Å². The fourth-order valence-electron chi connectivity index (χ4n) is 3.02. The molecule has 156 valence electrons. The van der Waals surface area contributed by atoms with E-state index in [1.807, 2.05) is 29.0 Å². The highest BCUT2D eigenvalue weighted by Crippen LogP contribution is 2.29. The lowest BCUT2D eigenvalue weighted by Crippen LogP contribution is -2.19. The van der Waals surface area contributed by atoms with Crippen molar-refractivity contribution < 1.29 is 9.59 Å². The van der Waals surface area contributed by atoms with Gasteiger partial charge in [0.2, 0.25) is 5.91 Å². The molecule has 0 fully saturated rings. The number of urea groups is 1. The molecule has 0 radical (unpaired) electrons. The Balaban J connectivity index is 1.51. The Hall–Kier alpha value is -3.62. The first-order valence-electron chi connectivity index (χ1n) is 9.14. The van der Waals surface area contributed by atoms with E-state index in [9.17, 15) is 9.59 Å². The minimum absolute atomic E-state index is 0.208. The Morgan fingerprint density at radius 2 is 1.71 bits per heavy atom. The monoisotopic (exact) mass is 454 g/mol. The predicted octanol–water partition coefficient (Wildman–Crippen LogP) is 5.33. The zero-order chi connectivity index (χ0) is 22.0. The fourth-order valence-corrected chi connectivity index (χ4v) is 3.36. The van der Waals surface area contributed by atoms with Gasteiger partial charge in [-0.05, 0) is 42.5 Å². The smallest absolute Gasteiger partial charge is 0.310 e. The molecule has 0 aliphatic rings. The van der Waals surface area contributed by atoms with Gasteiger partial charge < -0.3 is 20.5 Å². The van der Waals surface area contributed by atoms with Crippen molar-refractivity contribution >= 4 is 63.4 Å². The van der Waals surface area contributed by atoms with Crippen LogP contribution < -0.4 is 16.0 Å². The van der Waals surface area contributed by atoms with Crippen LogP contribution in [0.15, 0.2) is 61.1 Å². The Morgan fingerprint density at radius 1 is 0.935 bits per heavy atom. The summed E-state index contributed by atoms with van der Waals surface area (Å²) in [5.41, 5.74) is 2.47. The van der Waals surface area contributed by atoms with E-state index in [1.165, 1.54) is 13.3 Å². The van der Waals surface area contributed by atoms with E-state index in [-0.39, 0.29) is 10.9 Å². The van der Waals surface area contributed by atoms with Crippen molar-refractivity contribution in [3.05, 3.63) is 71.1 Å². The van der Waals surface area contributed by atoms with E-state index in [1.54, 1.807) is 30.3 Å². The molecule has 31 heavy (non-hydrogen) atoms. The van der Waals surface area contributed by atoms with Crippen LogP contribution in [0.2, 0.25) is 10.0 Å². The average molecular weight is 455 g/mol. The molecule has 0 spiro atoms. The number of nitrogens with zero attached hydrogens (tertiary/aromatic N) is 3. The van der Waals surface area contributed by atoms with E-state index < -0.39 is 6.03 Å². The summed E-state index contributed by atoms with van der Waals surface area (Å²) in [6, 6.07) is 13.6. The van der Waals surface area contributed by atoms with Crippen molar-refractivity contribution in [1.29, 1.82) is 0 Å². The van der Waals surface area contributed by atoms with Gasteiger partial charge in [0.1, 0.15) is 17.8 Å². The van der Waals surface area contributed by atoms with Gasteiger partial charge in [-0.2, -0.15) is 0 Å². The van der Waals surface area contributed by atoms with E-state index in [0.29, 0.717) is 27.9 Å². The van der Waals surface area contributed by atoms with Crippen molar-refractivity contribution in [2.45, 2.75) is 6.92 Å². The molecule has 0 aliphatic heterocycles. The van der Waals surface area contributed by atoms with Crippen LogP contribution in [0.1, 0.15) is 6.92 Å². The number of anilines is 3. The highest BCUT2D eigenvalue weighted by molar-refractivity contribution is 6.44. The molecule has 3 N–H and O–H groups in total. The second-order valence-corrected chi connectivity index (χ2v) is 7.34. The number of rotatable bonds is 4. The minimum Gasteiger partial charge on any atom is -0.310 e. The third-order valence-corrected chi connectivity index (χ3v) is 5.20. The lowest BCUT2D eigenvalue weighted by Gasteiger charge is -2.11. The predicted molar refractivity (Wildman–Crippen MR) is 122 cm³/mol. The molecular weight excluding hydrogens is 439 g/mol. The van der Waals surface area contributed by atoms with Crippen LogP contribution in [0.5, 0.6) is 0 Å². The number of hydrogen-bond acceptors (Lipinski definition) is 4. The third kappa shape index (κ3) is 4.45. The maximum Gasteiger partial charge on any atom is 0.323 e. The highest BCUT2D eigenvalue weighted by Gasteiger charge is 2.11. The van der Waals surface area contributed by atoms with E-state index in [4.69, 9.17) is 23.2 Å². The summed E-state index contributed by atoms with van der Waals surface area (Å²) < 4.78 is 1.86. The van der Waals surface area contributed by atoms with Crippen LogP contribution >= 0.6 is 23.2 Å². The molecule has 0 unspecified atom stereocenters. The number of carbonyl (C=O) groups is 2. The average Bonchev–Trinajstić information content (AvgIpc) is 3.17. The lowest BCUT2D eigenvalue weighted by molar-refractivity contribution is -0.114. The van der Waals surface area contributed by atoms with E-state index in [2.05, 4.69) is 25.9 Å². The van der Waals surface area contributed by atoms with Gasteiger partial charge in [-0.15, -0.1) is 0 Å². The van der Waals surface area contributed by atoms with Crippen LogP contribution in [0.4, 0.5) is 22.0 Å². The summed E-state index contributed by atoms with van der Waals surface area (Å²) >= 11 is 12.1. The van der Waals surface area contributed by atoms with Gasteiger partial charge in [0, 0.05) is 24.5 Å². The molecule has 8 nitrogen and oxygen atoms in total. The summed E-state index contributed by atoms with van der Waals surface area (Å²) in [5, 5.41) is 9.45. The molecule has 0 saturated heterocycles. The Labute approximate surface area is 187 Å². The van der Waals surface area contributed by atoms with Crippen LogP contribution in [0.25, 0.3) is 16.7 Å². The summed E-state index contributed by atoms with van der Waals surface area (Å²) in [4.78, 5) is 32.1. The van der Waals surface area contributed by atoms with E-state index >= 15 is 0 Å². The molecule has 3 amide bonds. The number of fused-ring (bicyclic) bond motifs is 1. The van der Waals surface area contributed by atoms with Crippen LogP contribution in [0.3, 0.4) is 0 Å². The molecule has 2 heterocycles. The molecule has 0 atom stereocenters. The number of nitrogens with one attached hydrogen (secondary N) is 3. The van der Waals surface area contributed by atoms with Crippen LogP contribution in [-0.2, 0) is 4.79 Å². The maximum atomic E-state index is 12.3. The van der Waals surface area contributed by atoms with Gasteiger partial charge in [0.15, 0.2) is 0 Å². The zero-order valence-corrected chi connectivity index (χ0v) is 17.7. The summed E-state index contributed by atoms with van der Waals surface area (Å²) in [6.07, 6.45) is 3.23. The first-order chi connectivity index (χ1) is 14.9. The Bertz CT molecular complexity index is 1290. The quantitative estimate of drug-likeness (QED) is 0.387. The number of aromatic nitrogens is 3. The molecular formula is C21H16Cl2N6O2. The normalized spacial score (nSPS) is 10.7. The van der Waals surface area contributed by atoms with Gasteiger partial charge in [0.25, 0.3) is 0 Å². The Morgan fingerprint density at radius 3 is 2.45 bits per heavy atom. The number of halogens is 2. The van der Waals surface area contributed by atoms with Crippen molar-refractivity contribution in [1.82, 2.24) is 14.5 Å². The number of amides is 3. The lowest BCUT2D eigenvalue weighted by atomic mass is 10.2. The number of benzene rings is 2. The second-order valence-electron chi connectivity index (χ2n) is 6.55. The van der Waals surface area contributed by atoms with E-state index in [0.717, 1.165) is 11.1 Å². The summed E-state index contributed by atoms with van der Waals surface area (Å²) in [5.74, 6) is 0.242. The minimum atomic E-state index is -0.448. The summed E-state index contributed by atoms with van der Waals surface area (Å²) in [6.45, 7) is 1.42. The molecule has 0 bridgehead atoms. The van der Waals surface area contributed by atoms with Gasteiger partial charge in [-0.1, -0.05) is 29.3 Å². The third-order valence-electron chi connectivity index (χ3n) is 4.38. The van der Waals surface area contributed by atoms with Gasteiger partial charge in [0.05, 0.1) is 21.1 Å². The highest BCUT2D eigenvalue weighted by atomic mass is 35.5. The molecule has 0 aliphatic carbocycles. The molecule has 4 aromatic rings. The molecule has 4 rings (SSSR count). The van der Waals surface area contributed by atoms with Crippen molar-refractivity contribution in [2.75, 3.05) is 16.0 Å². The number of hydrogen-bond donors (Lipinski definition) is 3. The SMILES string of the molecule is CC(=O)Nc1ncnc2c1ccn2-c1ccc(NC(=O)Nc2cccc(Cl)c2Cl)cc1. The fraction of sp³-hybridized carbons (Fsp3) is 0.0476. The second kappa shape index (κ2) is 8.63. The van der Waals surface area contributed by atoms with Crippen molar-refractivity contribution in [3.8, 4) is 5.69 Å².